The number of rotatable bonds is 3. The van der Waals surface area contributed by atoms with Gasteiger partial charge >= 0.3 is 0 Å². The number of nitrogens with one attached hydrogen (secondary N) is 1. The predicted octanol–water partition coefficient (Wildman–Crippen LogP) is 2.52. The van der Waals surface area contributed by atoms with Gasteiger partial charge in [-0.2, -0.15) is 0 Å². The molecule has 0 aliphatic heterocycles. The molecule has 0 amide bonds. The van der Waals surface area contributed by atoms with Gasteiger partial charge in [-0.25, -0.2) is 4.98 Å². The first-order valence-electron chi connectivity index (χ1n) is 6.30. The Kier molecular flexibility index (Phi) is 2.54. The summed E-state index contributed by atoms with van der Waals surface area (Å²) >= 11 is 0. The summed E-state index contributed by atoms with van der Waals surface area (Å²) in [6.07, 6.45) is 9.20. The van der Waals surface area contributed by atoms with E-state index in [9.17, 15) is 0 Å². The molecule has 0 spiro atoms. The number of fused-ring (bicyclic) bond motifs is 1. The summed E-state index contributed by atoms with van der Waals surface area (Å²) in [5.41, 5.74) is 1.14. The van der Waals surface area contributed by atoms with Crippen LogP contribution in [-0.2, 0) is 0 Å². The predicted molar refractivity (Wildman–Crippen MR) is 71.3 cm³/mol. The molecule has 17 heavy (non-hydrogen) atoms. The third kappa shape index (κ3) is 1.90. The summed E-state index contributed by atoms with van der Waals surface area (Å²) in [5.74, 6) is 2.66. The number of aromatic nitrogens is 1. The van der Waals surface area contributed by atoms with Crippen molar-refractivity contribution in [2.45, 2.75) is 18.9 Å². The molecule has 2 aliphatic rings. The number of anilines is 2. The minimum atomic E-state index is 0.616. The third-order valence-corrected chi connectivity index (χ3v) is 3.92. The van der Waals surface area contributed by atoms with Gasteiger partial charge in [0, 0.05) is 26.1 Å². The lowest BCUT2D eigenvalue weighted by Crippen LogP contribution is -2.43. The fourth-order valence-corrected chi connectivity index (χ4v) is 2.83. The van der Waals surface area contributed by atoms with Crippen molar-refractivity contribution in [3.05, 3.63) is 30.5 Å². The van der Waals surface area contributed by atoms with Crippen LogP contribution >= 0.6 is 0 Å². The quantitative estimate of drug-likeness (QED) is 0.807. The Hall–Kier alpha value is -1.51. The summed E-state index contributed by atoms with van der Waals surface area (Å²) in [7, 11) is 4.02. The van der Waals surface area contributed by atoms with Crippen LogP contribution in [0.1, 0.15) is 12.8 Å². The highest BCUT2D eigenvalue weighted by Gasteiger charge is 2.40. The summed E-state index contributed by atoms with van der Waals surface area (Å²) < 4.78 is 0. The molecule has 1 fully saturated rings. The molecule has 3 heteroatoms. The van der Waals surface area contributed by atoms with Crippen molar-refractivity contribution in [3.63, 3.8) is 0 Å². The van der Waals surface area contributed by atoms with Crippen LogP contribution in [0.25, 0.3) is 0 Å². The van der Waals surface area contributed by atoms with Gasteiger partial charge < -0.3 is 10.2 Å². The lowest BCUT2D eigenvalue weighted by atomic mass is 9.71. The van der Waals surface area contributed by atoms with E-state index in [0.717, 1.165) is 23.3 Å². The fraction of sp³-hybridized carbons (Fsp3) is 0.500. The fourth-order valence-electron chi connectivity index (χ4n) is 2.83. The molecule has 1 aromatic heterocycles. The van der Waals surface area contributed by atoms with Crippen LogP contribution in [0.3, 0.4) is 0 Å². The number of allylic oxidation sites excluding steroid dienone is 1. The number of hydrogen-bond donors (Lipinski definition) is 1. The van der Waals surface area contributed by atoms with Crippen molar-refractivity contribution >= 4 is 11.5 Å². The topological polar surface area (TPSA) is 28.2 Å². The van der Waals surface area contributed by atoms with Gasteiger partial charge in [-0.15, -0.1) is 0 Å². The van der Waals surface area contributed by atoms with E-state index in [2.05, 4.69) is 34.6 Å². The Morgan fingerprint density at radius 1 is 1.35 bits per heavy atom. The monoisotopic (exact) mass is 229 g/mol. The molecule has 1 N–H and O–H groups in total. The summed E-state index contributed by atoms with van der Waals surface area (Å²) in [6.45, 7) is 0. The SMILES string of the molecule is CN(C)c1ccc(NC2CC3CC=CC32)cn1. The van der Waals surface area contributed by atoms with E-state index in [1.807, 2.05) is 25.2 Å². The normalized spacial score (nSPS) is 29.6. The number of pyridine rings is 1. The molecule has 0 saturated heterocycles. The van der Waals surface area contributed by atoms with Crippen molar-refractivity contribution in [3.8, 4) is 0 Å². The van der Waals surface area contributed by atoms with Gasteiger partial charge in [-0.05, 0) is 30.9 Å². The lowest BCUT2D eigenvalue weighted by Gasteiger charge is -2.41. The van der Waals surface area contributed by atoms with E-state index < -0.39 is 0 Å². The second kappa shape index (κ2) is 4.06. The van der Waals surface area contributed by atoms with Gasteiger partial charge in [0.05, 0.1) is 11.9 Å². The van der Waals surface area contributed by atoms with Crippen molar-refractivity contribution in [1.82, 2.24) is 4.98 Å². The maximum atomic E-state index is 4.42. The zero-order valence-electron chi connectivity index (χ0n) is 10.4. The van der Waals surface area contributed by atoms with Crippen molar-refractivity contribution in [2.24, 2.45) is 11.8 Å². The Morgan fingerprint density at radius 3 is 2.88 bits per heavy atom. The molecule has 90 valence electrons. The van der Waals surface area contributed by atoms with Crippen LogP contribution in [0.4, 0.5) is 11.5 Å². The highest BCUT2D eigenvalue weighted by atomic mass is 15.1. The standard InChI is InChI=1S/C14H19N3/c1-17(2)14-7-6-11(9-15-14)16-13-8-10-4-3-5-12(10)13/h3,5-7,9-10,12-13,16H,4,8H2,1-2H3. The van der Waals surface area contributed by atoms with E-state index in [4.69, 9.17) is 0 Å². The molecule has 0 bridgehead atoms. The molecule has 3 nitrogen and oxygen atoms in total. The van der Waals surface area contributed by atoms with Crippen LogP contribution in [0.15, 0.2) is 30.5 Å². The Bertz CT molecular complexity index is 422. The van der Waals surface area contributed by atoms with E-state index >= 15 is 0 Å². The highest BCUT2D eigenvalue weighted by Crippen LogP contribution is 2.43. The van der Waals surface area contributed by atoms with Gasteiger partial charge in [0.15, 0.2) is 0 Å². The molecule has 3 unspecified atom stereocenters. The van der Waals surface area contributed by atoms with Crippen LogP contribution in [0.2, 0.25) is 0 Å². The second-order valence-electron chi connectivity index (χ2n) is 5.29. The first kappa shape index (κ1) is 10.6. The molecule has 1 aromatic rings. The maximum Gasteiger partial charge on any atom is 0.128 e. The van der Waals surface area contributed by atoms with E-state index in [0.29, 0.717) is 6.04 Å². The molecule has 3 rings (SSSR count). The molecule has 1 saturated carbocycles. The molecule has 3 atom stereocenters. The van der Waals surface area contributed by atoms with Gasteiger partial charge in [-0.1, -0.05) is 12.2 Å². The van der Waals surface area contributed by atoms with Gasteiger partial charge in [0.2, 0.25) is 0 Å². The van der Waals surface area contributed by atoms with Crippen LogP contribution in [0.5, 0.6) is 0 Å². The van der Waals surface area contributed by atoms with Crippen molar-refractivity contribution in [1.29, 1.82) is 0 Å². The molecule has 0 aromatic carbocycles. The lowest BCUT2D eigenvalue weighted by molar-refractivity contribution is 0.218. The van der Waals surface area contributed by atoms with Crippen LogP contribution < -0.4 is 10.2 Å². The Morgan fingerprint density at radius 2 is 2.24 bits per heavy atom. The zero-order chi connectivity index (χ0) is 11.8. The molecule has 2 aliphatic carbocycles. The van der Waals surface area contributed by atoms with Crippen molar-refractivity contribution < 1.29 is 0 Å². The van der Waals surface area contributed by atoms with E-state index in [-0.39, 0.29) is 0 Å². The summed E-state index contributed by atoms with van der Waals surface area (Å²) in [6, 6.07) is 4.79. The average Bonchev–Trinajstić information content (AvgIpc) is 2.68. The Labute approximate surface area is 103 Å². The van der Waals surface area contributed by atoms with Gasteiger partial charge in [0.25, 0.3) is 0 Å². The molecule has 1 heterocycles. The second-order valence-corrected chi connectivity index (χ2v) is 5.29. The third-order valence-electron chi connectivity index (χ3n) is 3.92. The summed E-state index contributed by atoms with van der Waals surface area (Å²) in [4.78, 5) is 6.44. The molecular weight excluding hydrogens is 210 g/mol. The highest BCUT2D eigenvalue weighted by molar-refractivity contribution is 5.49. The van der Waals surface area contributed by atoms with E-state index in [1.54, 1.807) is 0 Å². The number of nitrogens with zero attached hydrogens (tertiary/aromatic N) is 2. The largest absolute Gasteiger partial charge is 0.380 e. The summed E-state index contributed by atoms with van der Waals surface area (Å²) in [5, 5.41) is 3.58. The van der Waals surface area contributed by atoms with Crippen LogP contribution in [-0.4, -0.2) is 25.1 Å². The maximum absolute atomic E-state index is 4.42. The zero-order valence-corrected chi connectivity index (χ0v) is 10.4. The molecular formula is C14H19N3. The smallest absolute Gasteiger partial charge is 0.128 e. The first-order valence-corrected chi connectivity index (χ1v) is 6.30. The average molecular weight is 229 g/mol. The van der Waals surface area contributed by atoms with Crippen molar-refractivity contribution in [2.75, 3.05) is 24.3 Å². The Balaban J connectivity index is 1.64. The van der Waals surface area contributed by atoms with Crippen LogP contribution in [0, 0.1) is 11.8 Å². The minimum Gasteiger partial charge on any atom is -0.380 e. The van der Waals surface area contributed by atoms with E-state index in [1.165, 1.54) is 12.8 Å². The minimum absolute atomic E-state index is 0.616. The van der Waals surface area contributed by atoms with Gasteiger partial charge in [-0.3, -0.25) is 0 Å². The number of hydrogen-bond acceptors (Lipinski definition) is 3. The molecule has 0 radical (unpaired) electrons. The van der Waals surface area contributed by atoms with Gasteiger partial charge in [0.1, 0.15) is 5.82 Å². The first-order chi connectivity index (χ1) is 8.24.